The molecule has 14 heteroatoms. The molecular formula is C20H29N7O5P2. The molecule has 1 aliphatic rings. The molecule has 2 heterocycles. The van der Waals surface area contributed by atoms with Crippen LogP contribution in [0.25, 0.3) is 11.2 Å². The molecule has 1 saturated carbocycles. The predicted molar refractivity (Wildman–Crippen MR) is 131 cm³/mol. The number of aryl methyl sites for hydroxylation is 1. The highest BCUT2D eigenvalue weighted by atomic mass is 31.2. The van der Waals surface area contributed by atoms with Crippen molar-refractivity contribution in [3.8, 4) is 0 Å². The number of hydrogen-bond donors (Lipinski definition) is 6. The summed E-state index contributed by atoms with van der Waals surface area (Å²) in [5, 5.41) is 6.55. The molecule has 1 aliphatic carbocycles. The Balaban J connectivity index is 1.60. The van der Waals surface area contributed by atoms with E-state index in [-0.39, 0.29) is 17.4 Å². The lowest BCUT2D eigenvalue weighted by Crippen LogP contribution is -2.33. The van der Waals surface area contributed by atoms with E-state index in [0.29, 0.717) is 35.2 Å². The smallest absolute Gasteiger partial charge is 0.335 e. The Kier molecular flexibility index (Phi) is 7.09. The summed E-state index contributed by atoms with van der Waals surface area (Å²) in [7, 11) is -8.84. The van der Waals surface area contributed by atoms with Crippen LogP contribution in [-0.4, -0.2) is 52.2 Å². The van der Waals surface area contributed by atoms with E-state index >= 15 is 0 Å². The van der Waals surface area contributed by atoms with Gasteiger partial charge in [0.05, 0.1) is 6.33 Å². The minimum Gasteiger partial charge on any atom is -0.351 e. The number of nitrogens with two attached hydrogens (primary N) is 1. The van der Waals surface area contributed by atoms with Gasteiger partial charge in [-0.2, -0.15) is 9.97 Å². The van der Waals surface area contributed by atoms with Crippen LogP contribution < -0.4 is 21.7 Å². The Morgan fingerprint density at radius 1 is 1.09 bits per heavy atom. The molecule has 1 fully saturated rings. The highest BCUT2D eigenvalue weighted by Crippen LogP contribution is 2.53. The van der Waals surface area contributed by atoms with E-state index in [0.717, 1.165) is 25.7 Å². The number of anilines is 3. The fraction of sp³-hybridized carbons (Fsp3) is 0.450. The normalized spacial score (nSPS) is 20.7. The molecule has 7 N–H and O–H groups in total. The molecule has 3 aromatic rings. The number of aromatic nitrogens is 4. The minimum atomic E-state index is -4.64. The van der Waals surface area contributed by atoms with Gasteiger partial charge in [0.2, 0.25) is 13.3 Å². The number of benzene rings is 1. The maximum Gasteiger partial charge on any atom is 0.335 e. The first-order valence-electron chi connectivity index (χ1n) is 11.0. The van der Waals surface area contributed by atoms with Gasteiger partial charge in [-0.25, -0.2) is 4.98 Å². The molecule has 0 bridgehead atoms. The summed E-state index contributed by atoms with van der Waals surface area (Å²) in [6, 6.07) is 6.31. The third-order valence-corrected chi connectivity index (χ3v) is 9.93. The largest absolute Gasteiger partial charge is 0.351 e. The van der Waals surface area contributed by atoms with Crippen LogP contribution >= 0.6 is 15.0 Å². The third-order valence-electron chi connectivity index (χ3n) is 5.82. The van der Waals surface area contributed by atoms with Gasteiger partial charge in [0.25, 0.3) is 0 Å². The number of nitrogens with zero attached hydrogens (tertiary/aromatic N) is 4. The number of fused-ring (bicyclic) bond motifs is 1. The zero-order valence-corrected chi connectivity index (χ0v) is 20.5. The molecule has 2 aromatic heterocycles. The monoisotopic (exact) mass is 509 g/mol. The molecule has 0 saturated heterocycles. The molecule has 4 rings (SSSR count). The Bertz CT molecular complexity index is 1250. The quantitative estimate of drug-likeness (QED) is 0.244. The van der Waals surface area contributed by atoms with E-state index in [4.69, 9.17) is 15.5 Å². The van der Waals surface area contributed by atoms with Gasteiger partial charge < -0.3 is 35.6 Å². The summed E-state index contributed by atoms with van der Waals surface area (Å²) in [5.41, 5.74) is 7.84. The molecule has 0 amide bonds. The maximum absolute atomic E-state index is 12.4. The summed E-state index contributed by atoms with van der Waals surface area (Å²) >= 11 is 0. The first-order valence-corrected chi connectivity index (χ1v) is 14.7. The van der Waals surface area contributed by atoms with Crippen LogP contribution in [0, 0.1) is 0 Å². The van der Waals surface area contributed by atoms with Crippen molar-refractivity contribution in [2.24, 2.45) is 5.73 Å². The zero-order valence-electron chi connectivity index (χ0n) is 18.7. The molecular weight excluding hydrogens is 480 g/mol. The lowest BCUT2D eigenvalue weighted by Gasteiger charge is -2.26. The van der Waals surface area contributed by atoms with Crippen molar-refractivity contribution >= 4 is 48.9 Å². The standard InChI is InChI=1S/C20H29N7O5P2/c1-2-27-11-22-17-18(25-20(26-19(17)27)24-15-5-3-13(21)4-6-15)23-14-7-9-16(10-8-14)33(28,29)12-34(30,31)32/h7-11,13,15H,2-6,12,21H2,1H3,(H,28,29)(H2,30,31,32)(H2,23,24,25,26). The van der Waals surface area contributed by atoms with Gasteiger partial charge in [0.1, 0.15) is 5.90 Å². The average Bonchev–Trinajstić information content (AvgIpc) is 3.17. The lowest BCUT2D eigenvalue weighted by atomic mass is 9.92. The molecule has 0 aliphatic heterocycles. The van der Waals surface area contributed by atoms with Crippen molar-refractivity contribution in [2.45, 2.75) is 51.2 Å². The molecule has 184 valence electrons. The Morgan fingerprint density at radius 3 is 2.38 bits per heavy atom. The fourth-order valence-electron chi connectivity index (χ4n) is 4.02. The molecule has 12 nitrogen and oxygen atoms in total. The first kappa shape index (κ1) is 24.8. The van der Waals surface area contributed by atoms with Crippen molar-refractivity contribution < 1.29 is 23.8 Å². The van der Waals surface area contributed by atoms with Crippen LogP contribution in [0.2, 0.25) is 0 Å². The fourth-order valence-corrected chi connectivity index (χ4v) is 7.29. The SMILES string of the molecule is CCn1cnc2c(Nc3ccc(P(=O)(O)CP(=O)(O)O)cc3)nc(NC3CCC(N)CC3)nc21. The van der Waals surface area contributed by atoms with E-state index in [1.807, 2.05) is 11.5 Å². The van der Waals surface area contributed by atoms with Crippen LogP contribution in [-0.2, 0) is 15.7 Å². The van der Waals surface area contributed by atoms with Crippen molar-refractivity contribution in [3.63, 3.8) is 0 Å². The molecule has 1 unspecified atom stereocenters. The Morgan fingerprint density at radius 2 is 1.76 bits per heavy atom. The van der Waals surface area contributed by atoms with Gasteiger partial charge in [-0.1, -0.05) is 0 Å². The highest BCUT2D eigenvalue weighted by molar-refractivity contribution is 7.77. The molecule has 0 radical (unpaired) electrons. The third kappa shape index (κ3) is 5.83. The molecule has 34 heavy (non-hydrogen) atoms. The van der Waals surface area contributed by atoms with Crippen molar-refractivity contribution in [2.75, 3.05) is 16.5 Å². The van der Waals surface area contributed by atoms with Crippen LogP contribution in [0.1, 0.15) is 32.6 Å². The lowest BCUT2D eigenvalue weighted by molar-refractivity contribution is 0.376. The summed E-state index contributed by atoms with van der Waals surface area (Å²) in [6.07, 6.45) is 5.47. The predicted octanol–water partition coefficient (Wildman–Crippen LogP) is 2.30. The summed E-state index contributed by atoms with van der Waals surface area (Å²) in [5.74, 6) is -0.152. The van der Waals surface area contributed by atoms with Crippen LogP contribution in [0.4, 0.5) is 17.5 Å². The van der Waals surface area contributed by atoms with Gasteiger partial charge >= 0.3 is 7.60 Å². The maximum atomic E-state index is 12.4. The second-order valence-corrected chi connectivity index (χ2v) is 12.9. The molecule has 1 aromatic carbocycles. The van der Waals surface area contributed by atoms with Crippen molar-refractivity contribution in [1.29, 1.82) is 0 Å². The van der Waals surface area contributed by atoms with E-state index in [2.05, 4.69) is 25.6 Å². The topological polar surface area (TPSA) is 189 Å². The van der Waals surface area contributed by atoms with Gasteiger partial charge in [-0.05, 0) is 56.9 Å². The van der Waals surface area contributed by atoms with Crippen LogP contribution in [0.5, 0.6) is 0 Å². The summed E-state index contributed by atoms with van der Waals surface area (Å²) < 4.78 is 25.5. The van der Waals surface area contributed by atoms with E-state index in [1.165, 1.54) is 12.1 Å². The Labute approximate surface area is 196 Å². The number of rotatable bonds is 8. The second kappa shape index (κ2) is 9.73. The molecule has 1 atom stereocenters. The summed E-state index contributed by atoms with van der Waals surface area (Å²) in [4.78, 5) is 42.0. The zero-order chi connectivity index (χ0) is 24.5. The molecule has 0 spiro atoms. The van der Waals surface area contributed by atoms with Crippen LogP contribution in [0.3, 0.4) is 0 Å². The highest BCUT2D eigenvalue weighted by Gasteiger charge is 2.31. The van der Waals surface area contributed by atoms with Gasteiger partial charge in [0, 0.05) is 29.6 Å². The van der Waals surface area contributed by atoms with Gasteiger partial charge in [-0.15, -0.1) is 0 Å². The Hall–Kier alpha value is -2.33. The number of hydrogen-bond acceptors (Lipinski definition) is 8. The van der Waals surface area contributed by atoms with Crippen molar-refractivity contribution in [1.82, 2.24) is 19.5 Å². The van der Waals surface area contributed by atoms with Gasteiger partial charge in [-0.3, -0.25) is 9.13 Å². The first-order chi connectivity index (χ1) is 16.0. The average molecular weight is 509 g/mol. The number of nitrogens with one attached hydrogen (secondary N) is 2. The number of imidazole rings is 1. The van der Waals surface area contributed by atoms with Crippen LogP contribution in [0.15, 0.2) is 30.6 Å². The van der Waals surface area contributed by atoms with E-state index in [9.17, 15) is 14.0 Å². The second-order valence-electron chi connectivity index (χ2n) is 8.53. The summed E-state index contributed by atoms with van der Waals surface area (Å²) in [6.45, 7) is 2.68. The van der Waals surface area contributed by atoms with E-state index in [1.54, 1.807) is 18.5 Å². The van der Waals surface area contributed by atoms with Gasteiger partial charge in [0.15, 0.2) is 17.0 Å². The van der Waals surface area contributed by atoms with E-state index < -0.39 is 20.9 Å². The van der Waals surface area contributed by atoms with Crippen molar-refractivity contribution in [3.05, 3.63) is 30.6 Å². The minimum absolute atomic E-state index is 0.0395.